The zero-order chi connectivity index (χ0) is 11.3. The zero-order valence-corrected chi connectivity index (χ0v) is 11.0. The van der Waals surface area contributed by atoms with Crippen LogP contribution < -0.4 is 5.32 Å². The molecular formula is C11H20BrNO2. The summed E-state index contributed by atoms with van der Waals surface area (Å²) in [4.78, 5) is 11.9. The van der Waals surface area contributed by atoms with Gasteiger partial charge < -0.3 is 10.1 Å². The summed E-state index contributed by atoms with van der Waals surface area (Å²) in [6.07, 6.45) is 2.77. The molecule has 1 aliphatic heterocycles. The second-order valence-electron chi connectivity index (χ2n) is 4.40. The number of ether oxygens (including phenoxy) is 1. The van der Waals surface area contributed by atoms with Gasteiger partial charge in [0.2, 0.25) is 5.91 Å². The first-order valence-corrected chi connectivity index (χ1v) is 6.53. The van der Waals surface area contributed by atoms with Crippen molar-refractivity contribution >= 4 is 21.8 Å². The average molecular weight is 278 g/mol. The largest absolute Gasteiger partial charge is 0.378 e. The first-order chi connectivity index (χ1) is 7.09. The summed E-state index contributed by atoms with van der Waals surface area (Å²) in [5, 5.41) is 2.92. The lowest BCUT2D eigenvalue weighted by Gasteiger charge is -2.15. The van der Waals surface area contributed by atoms with Crippen molar-refractivity contribution in [2.75, 3.05) is 13.2 Å². The standard InChI is InChI=1S/C11H20BrNO2/c1-8(2)10(12)7-13-11(14)6-9-4-3-5-15-9/h8-10H,3-7H2,1-2H3,(H,13,14). The topological polar surface area (TPSA) is 38.3 Å². The van der Waals surface area contributed by atoms with Crippen LogP contribution in [0.5, 0.6) is 0 Å². The van der Waals surface area contributed by atoms with Gasteiger partial charge in [-0.3, -0.25) is 4.79 Å². The van der Waals surface area contributed by atoms with E-state index in [4.69, 9.17) is 4.74 Å². The van der Waals surface area contributed by atoms with E-state index >= 15 is 0 Å². The molecule has 1 aliphatic rings. The van der Waals surface area contributed by atoms with Crippen LogP contribution in [0.15, 0.2) is 0 Å². The second-order valence-corrected chi connectivity index (χ2v) is 5.58. The van der Waals surface area contributed by atoms with Gasteiger partial charge in [-0.15, -0.1) is 0 Å². The molecule has 0 spiro atoms. The maximum absolute atomic E-state index is 11.5. The van der Waals surface area contributed by atoms with Crippen molar-refractivity contribution in [1.82, 2.24) is 5.32 Å². The van der Waals surface area contributed by atoms with Gasteiger partial charge in [-0.1, -0.05) is 29.8 Å². The van der Waals surface area contributed by atoms with E-state index in [0.29, 0.717) is 23.7 Å². The van der Waals surface area contributed by atoms with Crippen molar-refractivity contribution in [1.29, 1.82) is 0 Å². The Labute approximate surface area is 100 Å². The molecule has 15 heavy (non-hydrogen) atoms. The summed E-state index contributed by atoms with van der Waals surface area (Å²) in [7, 11) is 0. The van der Waals surface area contributed by atoms with Crippen molar-refractivity contribution < 1.29 is 9.53 Å². The molecule has 1 amide bonds. The smallest absolute Gasteiger partial charge is 0.222 e. The van der Waals surface area contributed by atoms with E-state index < -0.39 is 0 Å². The molecule has 1 N–H and O–H groups in total. The van der Waals surface area contributed by atoms with Gasteiger partial charge in [0, 0.05) is 18.0 Å². The van der Waals surface area contributed by atoms with E-state index in [1.54, 1.807) is 0 Å². The predicted molar refractivity (Wildman–Crippen MR) is 64.2 cm³/mol. The van der Waals surface area contributed by atoms with E-state index in [2.05, 4.69) is 35.1 Å². The highest BCUT2D eigenvalue weighted by Crippen LogP contribution is 2.15. The molecule has 4 heteroatoms. The fourth-order valence-electron chi connectivity index (χ4n) is 1.53. The number of carbonyl (C=O) groups excluding carboxylic acids is 1. The molecule has 0 aromatic carbocycles. The molecule has 88 valence electrons. The first-order valence-electron chi connectivity index (χ1n) is 5.62. The molecule has 0 aromatic rings. The molecule has 1 saturated heterocycles. The highest BCUT2D eigenvalue weighted by molar-refractivity contribution is 9.09. The number of nitrogens with one attached hydrogen (secondary N) is 1. The van der Waals surface area contributed by atoms with E-state index in [1.807, 2.05) is 0 Å². The van der Waals surface area contributed by atoms with Crippen LogP contribution in [0.3, 0.4) is 0 Å². The number of carbonyl (C=O) groups is 1. The lowest BCUT2D eigenvalue weighted by atomic mass is 10.1. The van der Waals surface area contributed by atoms with Gasteiger partial charge in [0.05, 0.1) is 12.5 Å². The molecule has 1 fully saturated rings. The van der Waals surface area contributed by atoms with Crippen molar-refractivity contribution in [3.8, 4) is 0 Å². The monoisotopic (exact) mass is 277 g/mol. The predicted octanol–water partition coefficient (Wildman–Crippen LogP) is 2.09. The molecule has 0 bridgehead atoms. The Morgan fingerprint density at radius 3 is 2.87 bits per heavy atom. The van der Waals surface area contributed by atoms with Gasteiger partial charge in [0.1, 0.15) is 0 Å². The van der Waals surface area contributed by atoms with Gasteiger partial charge in [-0.05, 0) is 18.8 Å². The molecule has 2 unspecified atom stereocenters. The van der Waals surface area contributed by atoms with E-state index in [9.17, 15) is 4.79 Å². The number of rotatable bonds is 5. The van der Waals surface area contributed by atoms with Gasteiger partial charge >= 0.3 is 0 Å². The Morgan fingerprint density at radius 2 is 2.33 bits per heavy atom. The van der Waals surface area contributed by atoms with Crippen LogP contribution in [0.1, 0.15) is 33.1 Å². The van der Waals surface area contributed by atoms with Crippen LogP contribution in [0.25, 0.3) is 0 Å². The summed E-state index contributed by atoms with van der Waals surface area (Å²) in [5.41, 5.74) is 0. The summed E-state index contributed by atoms with van der Waals surface area (Å²) < 4.78 is 5.41. The van der Waals surface area contributed by atoms with Crippen LogP contribution in [0.4, 0.5) is 0 Å². The third kappa shape index (κ3) is 4.98. The minimum Gasteiger partial charge on any atom is -0.378 e. The van der Waals surface area contributed by atoms with Crippen LogP contribution in [-0.4, -0.2) is 30.0 Å². The van der Waals surface area contributed by atoms with Crippen molar-refractivity contribution in [2.24, 2.45) is 5.92 Å². The lowest BCUT2D eigenvalue weighted by molar-refractivity contribution is -0.123. The van der Waals surface area contributed by atoms with Crippen LogP contribution in [0, 0.1) is 5.92 Å². The third-order valence-corrected chi connectivity index (χ3v) is 4.04. The minimum absolute atomic E-state index is 0.104. The lowest BCUT2D eigenvalue weighted by Crippen LogP contribution is -2.33. The maximum atomic E-state index is 11.5. The molecule has 1 heterocycles. The van der Waals surface area contributed by atoms with Crippen molar-refractivity contribution in [3.63, 3.8) is 0 Å². The third-order valence-electron chi connectivity index (χ3n) is 2.65. The highest BCUT2D eigenvalue weighted by atomic mass is 79.9. The Hall–Kier alpha value is -0.0900. The Kier molecular flexibility index (Phi) is 5.61. The minimum atomic E-state index is 0.104. The maximum Gasteiger partial charge on any atom is 0.222 e. The van der Waals surface area contributed by atoms with E-state index in [0.717, 1.165) is 19.4 Å². The quantitative estimate of drug-likeness (QED) is 0.782. The van der Waals surface area contributed by atoms with Crippen molar-refractivity contribution in [3.05, 3.63) is 0 Å². The number of amides is 1. The SMILES string of the molecule is CC(C)C(Br)CNC(=O)CC1CCCO1. The molecular weight excluding hydrogens is 258 g/mol. The molecule has 1 rings (SSSR count). The molecule has 0 aromatic heterocycles. The van der Waals surface area contributed by atoms with E-state index in [1.165, 1.54) is 0 Å². The fraction of sp³-hybridized carbons (Fsp3) is 0.909. The summed E-state index contributed by atoms with van der Waals surface area (Å²) in [6, 6.07) is 0. The number of halogens is 1. The Bertz CT molecular complexity index is 203. The molecule has 0 radical (unpaired) electrons. The van der Waals surface area contributed by atoms with Crippen molar-refractivity contribution in [2.45, 2.75) is 44.0 Å². The van der Waals surface area contributed by atoms with Gasteiger partial charge in [-0.25, -0.2) is 0 Å². The second kappa shape index (κ2) is 6.48. The molecule has 0 saturated carbocycles. The highest BCUT2D eigenvalue weighted by Gasteiger charge is 2.19. The first kappa shape index (κ1) is 13.0. The molecule has 2 atom stereocenters. The average Bonchev–Trinajstić information content (AvgIpc) is 2.66. The molecule has 3 nitrogen and oxygen atoms in total. The fourth-order valence-corrected chi connectivity index (χ4v) is 1.69. The Morgan fingerprint density at radius 1 is 1.60 bits per heavy atom. The Balaban J connectivity index is 2.12. The summed E-state index contributed by atoms with van der Waals surface area (Å²) in [6.45, 7) is 5.77. The number of alkyl halides is 1. The van der Waals surface area contributed by atoms with Gasteiger partial charge in [-0.2, -0.15) is 0 Å². The van der Waals surface area contributed by atoms with Crippen LogP contribution in [-0.2, 0) is 9.53 Å². The van der Waals surface area contributed by atoms with Crippen LogP contribution >= 0.6 is 15.9 Å². The zero-order valence-electron chi connectivity index (χ0n) is 9.46. The summed E-state index contributed by atoms with van der Waals surface area (Å²) in [5.74, 6) is 0.639. The molecule has 0 aliphatic carbocycles. The van der Waals surface area contributed by atoms with Gasteiger partial charge in [0.15, 0.2) is 0 Å². The van der Waals surface area contributed by atoms with E-state index in [-0.39, 0.29) is 12.0 Å². The van der Waals surface area contributed by atoms with Gasteiger partial charge in [0.25, 0.3) is 0 Å². The normalized spacial score (nSPS) is 23.1. The number of hydrogen-bond acceptors (Lipinski definition) is 2. The summed E-state index contributed by atoms with van der Waals surface area (Å²) >= 11 is 3.54. The number of hydrogen-bond donors (Lipinski definition) is 1. The van der Waals surface area contributed by atoms with Crippen LogP contribution in [0.2, 0.25) is 0 Å².